The van der Waals surface area contributed by atoms with E-state index in [1.165, 1.54) is 6.33 Å². The molecule has 8 heteroatoms. The van der Waals surface area contributed by atoms with Crippen LogP contribution in [0.15, 0.2) is 30.6 Å². The van der Waals surface area contributed by atoms with Gasteiger partial charge in [0, 0.05) is 26.2 Å². The molecular weight excluding hydrogens is 332 g/mol. The van der Waals surface area contributed by atoms with Crippen molar-refractivity contribution >= 4 is 11.8 Å². The van der Waals surface area contributed by atoms with E-state index in [0.717, 1.165) is 11.1 Å². The van der Waals surface area contributed by atoms with Crippen LogP contribution >= 0.6 is 0 Å². The number of aryl methyl sites for hydroxylation is 1. The Hall–Kier alpha value is -2.74. The number of aromatic amines is 1. The zero-order valence-electron chi connectivity index (χ0n) is 15.3. The first kappa shape index (κ1) is 18.1. The lowest BCUT2D eigenvalue weighted by atomic mass is 9.99. The Balaban J connectivity index is 1.69. The van der Waals surface area contributed by atoms with Crippen molar-refractivity contribution < 1.29 is 9.59 Å². The minimum absolute atomic E-state index is 0.0658. The van der Waals surface area contributed by atoms with Crippen LogP contribution in [0.1, 0.15) is 27.8 Å². The zero-order valence-corrected chi connectivity index (χ0v) is 15.3. The lowest BCUT2D eigenvalue weighted by Crippen LogP contribution is -2.53. The van der Waals surface area contributed by atoms with Crippen molar-refractivity contribution in [3.8, 4) is 0 Å². The molecule has 1 aliphatic rings. The van der Waals surface area contributed by atoms with Gasteiger partial charge < -0.3 is 9.80 Å². The average Bonchev–Trinajstić information content (AvgIpc) is 3.17. The summed E-state index contributed by atoms with van der Waals surface area (Å²) in [6.45, 7) is 4.01. The molecule has 2 aromatic rings. The molecule has 0 aliphatic carbocycles. The van der Waals surface area contributed by atoms with Crippen LogP contribution in [0.5, 0.6) is 0 Å². The predicted molar refractivity (Wildman–Crippen MR) is 96.5 cm³/mol. The number of benzene rings is 1. The summed E-state index contributed by atoms with van der Waals surface area (Å²) < 4.78 is 0. The van der Waals surface area contributed by atoms with Crippen LogP contribution in [0.4, 0.5) is 0 Å². The smallest absolute Gasteiger partial charge is 0.291 e. The van der Waals surface area contributed by atoms with Crippen LogP contribution in [-0.4, -0.2) is 82.0 Å². The van der Waals surface area contributed by atoms with Crippen molar-refractivity contribution in [2.75, 3.05) is 40.3 Å². The topological polar surface area (TPSA) is 85.4 Å². The second kappa shape index (κ2) is 7.65. The van der Waals surface area contributed by atoms with Crippen LogP contribution in [0, 0.1) is 6.92 Å². The van der Waals surface area contributed by atoms with Gasteiger partial charge in [0.1, 0.15) is 12.4 Å². The predicted octanol–water partition coefficient (Wildman–Crippen LogP) is 0.700. The van der Waals surface area contributed by atoms with Crippen LogP contribution in [0.2, 0.25) is 0 Å². The van der Waals surface area contributed by atoms with Gasteiger partial charge in [0.15, 0.2) is 0 Å². The van der Waals surface area contributed by atoms with Crippen LogP contribution < -0.4 is 0 Å². The molecular formula is C18H24N6O2. The van der Waals surface area contributed by atoms with Gasteiger partial charge in [0.05, 0.1) is 0 Å². The van der Waals surface area contributed by atoms with Gasteiger partial charge in [-0.05, 0) is 32.1 Å². The summed E-state index contributed by atoms with van der Waals surface area (Å²) >= 11 is 0. The van der Waals surface area contributed by atoms with E-state index in [2.05, 4.69) is 15.2 Å². The molecule has 0 spiro atoms. The van der Waals surface area contributed by atoms with Gasteiger partial charge in [-0.1, -0.05) is 24.3 Å². The van der Waals surface area contributed by atoms with Gasteiger partial charge in [-0.25, -0.2) is 4.98 Å². The van der Waals surface area contributed by atoms with Crippen molar-refractivity contribution in [2.45, 2.75) is 13.0 Å². The van der Waals surface area contributed by atoms with Crippen molar-refractivity contribution in [1.82, 2.24) is 29.9 Å². The van der Waals surface area contributed by atoms with Crippen LogP contribution in [0.25, 0.3) is 0 Å². The summed E-state index contributed by atoms with van der Waals surface area (Å²) in [5.41, 5.74) is 2.11. The van der Waals surface area contributed by atoms with E-state index in [1.54, 1.807) is 4.90 Å². The Labute approximate surface area is 152 Å². The fourth-order valence-corrected chi connectivity index (χ4v) is 3.29. The molecule has 1 unspecified atom stereocenters. The highest BCUT2D eigenvalue weighted by Crippen LogP contribution is 2.24. The second-order valence-corrected chi connectivity index (χ2v) is 6.67. The molecule has 3 rings (SSSR count). The van der Waals surface area contributed by atoms with E-state index in [0.29, 0.717) is 26.2 Å². The number of nitrogens with one attached hydrogen (secondary N) is 1. The number of H-pyrrole nitrogens is 1. The molecule has 2 amide bonds. The van der Waals surface area contributed by atoms with Crippen molar-refractivity contribution in [3.05, 3.63) is 47.5 Å². The molecule has 1 atom stereocenters. The number of hydrogen-bond donors (Lipinski definition) is 1. The van der Waals surface area contributed by atoms with Crippen molar-refractivity contribution in [2.24, 2.45) is 0 Å². The minimum atomic E-state index is -0.326. The zero-order chi connectivity index (χ0) is 18.7. The first-order chi connectivity index (χ1) is 12.5. The third-order valence-corrected chi connectivity index (χ3v) is 4.73. The first-order valence-corrected chi connectivity index (χ1v) is 8.64. The number of amides is 2. The van der Waals surface area contributed by atoms with Gasteiger partial charge in [0.2, 0.25) is 11.7 Å². The number of rotatable bonds is 4. The number of piperazine rings is 1. The van der Waals surface area contributed by atoms with E-state index >= 15 is 0 Å². The third kappa shape index (κ3) is 3.60. The number of carbonyl (C=O) groups is 2. The Morgan fingerprint density at radius 1 is 1.12 bits per heavy atom. The molecule has 1 aromatic carbocycles. The summed E-state index contributed by atoms with van der Waals surface area (Å²) in [5, 5.41) is 6.30. The normalized spacial score (nSPS) is 16.0. The summed E-state index contributed by atoms with van der Waals surface area (Å²) in [4.78, 5) is 34.9. The van der Waals surface area contributed by atoms with Crippen molar-refractivity contribution in [1.29, 1.82) is 0 Å². The lowest BCUT2D eigenvalue weighted by Gasteiger charge is -2.37. The maximum atomic E-state index is 13.1. The quantitative estimate of drug-likeness (QED) is 0.872. The van der Waals surface area contributed by atoms with E-state index in [9.17, 15) is 9.59 Å². The molecule has 1 fully saturated rings. The maximum absolute atomic E-state index is 13.1. The SMILES string of the molecule is Cc1ccccc1C(C(=O)N1CCN(C(=O)c2ncn[nH]2)CC1)N(C)C. The molecule has 2 heterocycles. The van der Waals surface area contributed by atoms with Gasteiger partial charge >= 0.3 is 0 Å². The molecule has 0 saturated carbocycles. The summed E-state index contributed by atoms with van der Waals surface area (Å²) in [5.74, 6) is 0.115. The Morgan fingerprint density at radius 2 is 1.77 bits per heavy atom. The average molecular weight is 356 g/mol. The largest absolute Gasteiger partial charge is 0.337 e. The number of likely N-dealkylation sites (N-methyl/N-ethyl adjacent to an activating group) is 1. The molecule has 0 radical (unpaired) electrons. The van der Waals surface area contributed by atoms with Crippen molar-refractivity contribution in [3.63, 3.8) is 0 Å². The highest BCUT2D eigenvalue weighted by atomic mass is 16.2. The minimum Gasteiger partial charge on any atom is -0.337 e. The highest BCUT2D eigenvalue weighted by Gasteiger charge is 2.32. The molecule has 1 N–H and O–H groups in total. The van der Waals surface area contributed by atoms with Crippen LogP contribution in [-0.2, 0) is 4.79 Å². The lowest BCUT2D eigenvalue weighted by molar-refractivity contribution is -0.137. The Morgan fingerprint density at radius 3 is 2.35 bits per heavy atom. The Bertz CT molecular complexity index is 766. The maximum Gasteiger partial charge on any atom is 0.291 e. The second-order valence-electron chi connectivity index (χ2n) is 6.67. The highest BCUT2D eigenvalue weighted by molar-refractivity contribution is 5.90. The third-order valence-electron chi connectivity index (χ3n) is 4.73. The monoisotopic (exact) mass is 356 g/mol. The summed E-state index contributed by atoms with van der Waals surface area (Å²) in [7, 11) is 3.83. The molecule has 8 nitrogen and oxygen atoms in total. The van der Waals surface area contributed by atoms with E-state index < -0.39 is 0 Å². The van der Waals surface area contributed by atoms with E-state index in [-0.39, 0.29) is 23.7 Å². The number of nitrogens with zero attached hydrogens (tertiary/aromatic N) is 5. The molecule has 1 aliphatic heterocycles. The van der Waals surface area contributed by atoms with Gasteiger partial charge in [-0.15, -0.1) is 0 Å². The standard InChI is InChI=1S/C18H24N6O2/c1-13-6-4-5-7-14(13)15(22(2)3)17(25)23-8-10-24(11-9-23)18(26)16-19-12-20-21-16/h4-7,12,15H,8-11H2,1-3H3,(H,19,20,21). The van der Waals surface area contributed by atoms with Gasteiger partial charge in [0.25, 0.3) is 5.91 Å². The number of hydrogen-bond acceptors (Lipinski definition) is 5. The summed E-state index contributed by atoms with van der Waals surface area (Å²) in [6, 6.07) is 7.63. The van der Waals surface area contributed by atoms with Gasteiger partial charge in [-0.3, -0.25) is 19.6 Å². The molecule has 1 aromatic heterocycles. The van der Waals surface area contributed by atoms with E-state index in [4.69, 9.17) is 0 Å². The summed E-state index contributed by atoms with van der Waals surface area (Å²) in [6.07, 6.45) is 1.32. The molecule has 138 valence electrons. The molecule has 0 bridgehead atoms. The Kier molecular flexibility index (Phi) is 5.32. The fraction of sp³-hybridized carbons (Fsp3) is 0.444. The fourth-order valence-electron chi connectivity index (χ4n) is 3.29. The number of aromatic nitrogens is 3. The van der Waals surface area contributed by atoms with Crippen LogP contribution in [0.3, 0.4) is 0 Å². The molecule has 1 saturated heterocycles. The number of carbonyl (C=O) groups excluding carboxylic acids is 2. The van der Waals surface area contributed by atoms with E-state index in [1.807, 2.05) is 55.1 Å². The van der Waals surface area contributed by atoms with Gasteiger partial charge in [-0.2, -0.15) is 5.10 Å². The first-order valence-electron chi connectivity index (χ1n) is 8.64. The molecule has 26 heavy (non-hydrogen) atoms.